The average Bonchev–Trinajstić information content (AvgIpc) is 2.82. The van der Waals surface area contributed by atoms with Gasteiger partial charge in [0, 0.05) is 25.8 Å². The van der Waals surface area contributed by atoms with Crippen molar-refractivity contribution in [3.63, 3.8) is 0 Å². The molecular formula is C12H18N2O2. The lowest BCUT2D eigenvalue weighted by atomic mass is 10.1. The molecule has 0 radical (unpaired) electrons. The van der Waals surface area contributed by atoms with Crippen molar-refractivity contribution < 1.29 is 9.47 Å². The van der Waals surface area contributed by atoms with E-state index in [9.17, 15) is 0 Å². The number of ether oxygens (including phenoxy) is 2. The number of hydrogen-bond acceptors (Lipinski definition) is 4. The van der Waals surface area contributed by atoms with Crippen LogP contribution in [0.2, 0.25) is 0 Å². The van der Waals surface area contributed by atoms with Crippen LogP contribution in [-0.2, 0) is 16.1 Å². The quantitative estimate of drug-likeness (QED) is 0.823. The first kappa shape index (κ1) is 11.4. The second-order valence-electron chi connectivity index (χ2n) is 4.04. The first-order valence-electron chi connectivity index (χ1n) is 5.66. The Morgan fingerprint density at radius 1 is 1.62 bits per heavy atom. The fraction of sp³-hybridized carbons (Fsp3) is 0.583. The summed E-state index contributed by atoms with van der Waals surface area (Å²) in [6.07, 6.45) is 2.92. The van der Waals surface area contributed by atoms with Crippen molar-refractivity contribution in [2.24, 2.45) is 5.92 Å². The lowest BCUT2D eigenvalue weighted by Gasteiger charge is -2.09. The maximum atomic E-state index is 5.67. The van der Waals surface area contributed by atoms with E-state index in [0.717, 1.165) is 37.6 Å². The van der Waals surface area contributed by atoms with Crippen LogP contribution in [0.1, 0.15) is 12.0 Å². The molecule has 2 rings (SSSR count). The second-order valence-corrected chi connectivity index (χ2v) is 4.04. The summed E-state index contributed by atoms with van der Waals surface area (Å²) in [5.74, 6) is 1.45. The summed E-state index contributed by atoms with van der Waals surface area (Å²) in [7, 11) is 1.86. The summed E-state index contributed by atoms with van der Waals surface area (Å²) in [6.45, 7) is 3.16. The molecule has 1 aliphatic rings. The van der Waals surface area contributed by atoms with Crippen LogP contribution >= 0.6 is 0 Å². The van der Waals surface area contributed by atoms with E-state index < -0.39 is 0 Å². The highest BCUT2D eigenvalue weighted by Crippen LogP contribution is 2.14. The van der Waals surface area contributed by atoms with Crippen LogP contribution in [0, 0.1) is 5.92 Å². The van der Waals surface area contributed by atoms with Crippen molar-refractivity contribution in [3.05, 3.63) is 23.9 Å². The van der Waals surface area contributed by atoms with E-state index in [1.165, 1.54) is 0 Å². The third-order valence-electron chi connectivity index (χ3n) is 2.73. The summed E-state index contributed by atoms with van der Waals surface area (Å²) >= 11 is 0. The zero-order chi connectivity index (χ0) is 11.2. The predicted molar refractivity (Wildman–Crippen MR) is 62.4 cm³/mol. The molecule has 0 bridgehead atoms. The number of rotatable bonds is 5. The van der Waals surface area contributed by atoms with Crippen molar-refractivity contribution in [1.29, 1.82) is 0 Å². The van der Waals surface area contributed by atoms with E-state index in [1.54, 1.807) is 6.20 Å². The van der Waals surface area contributed by atoms with Gasteiger partial charge < -0.3 is 14.8 Å². The average molecular weight is 222 g/mol. The lowest BCUT2D eigenvalue weighted by Crippen LogP contribution is -2.09. The molecule has 88 valence electrons. The van der Waals surface area contributed by atoms with Gasteiger partial charge in [0.15, 0.2) is 0 Å². The summed E-state index contributed by atoms with van der Waals surface area (Å²) in [6, 6.07) is 3.98. The topological polar surface area (TPSA) is 43.4 Å². The first-order valence-corrected chi connectivity index (χ1v) is 5.66. The number of pyridine rings is 1. The molecule has 4 nitrogen and oxygen atoms in total. The van der Waals surface area contributed by atoms with E-state index >= 15 is 0 Å². The Morgan fingerprint density at radius 3 is 3.31 bits per heavy atom. The fourth-order valence-corrected chi connectivity index (χ4v) is 1.76. The largest absolute Gasteiger partial charge is 0.381 e. The summed E-state index contributed by atoms with van der Waals surface area (Å²) in [5.41, 5.74) is 1.15. The van der Waals surface area contributed by atoms with Gasteiger partial charge in [-0.25, -0.2) is 4.98 Å². The molecular weight excluding hydrogens is 204 g/mol. The van der Waals surface area contributed by atoms with Crippen molar-refractivity contribution in [2.75, 3.05) is 32.2 Å². The van der Waals surface area contributed by atoms with Crippen LogP contribution in [0.5, 0.6) is 0 Å². The SMILES string of the molecule is CNc1cc(COCC2CCOC2)ccn1. The number of nitrogens with zero attached hydrogens (tertiary/aromatic N) is 1. The molecule has 0 saturated carbocycles. The number of nitrogens with one attached hydrogen (secondary N) is 1. The van der Waals surface area contributed by atoms with Gasteiger partial charge in [0.1, 0.15) is 5.82 Å². The summed E-state index contributed by atoms with van der Waals surface area (Å²) in [5, 5.41) is 3.01. The van der Waals surface area contributed by atoms with Gasteiger partial charge in [-0.3, -0.25) is 0 Å². The minimum atomic E-state index is 0.575. The Kier molecular flexibility index (Phi) is 4.13. The predicted octanol–water partition coefficient (Wildman–Crippen LogP) is 1.68. The molecule has 1 aliphatic heterocycles. The van der Waals surface area contributed by atoms with Crippen LogP contribution in [0.3, 0.4) is 0 Å². The highest BCUT2D eigenvalue weighted by Gasteiger charge is 2.15. The molecule has 1 saturated heterocycles. The van der Waals surface area contributed by atoms with Gasteiger partial charge in [0.2, 0.25) is 0 Å². The normalized spacial score (nSPS) is 19.9. The van der Waals surface area contributed by atoms with Gasteiger partial charge in [0.25, 0.3) is 0 Å². The third kappa shape index (κ3) is 3.18. The highest BCUT2D eigenvalue weighted by atomic mass is 16.5. The van der Waals surface area contributed by atoms with Gasteiger partial charge >= 0.3 is 0 Å². The molecule has 1 fully saturated rings. The molecule has 1 atom stereocenters. The smallest absolute Gasteiger partial charge is 0.125 e. The second kappa shape index (κ2) is 5.82. The van der Waals surface area contributed by atoms with Crippen LogP contribution in [0.15, 0.2) is 18.3 Å². The number of aromatic nitrogens is 1. The molecule has 1 aromatic rings. The maximum absolute atomic E-state index is 5.67. The molecule has 0 aromatic carbocycles. The Morgan fingerprint density at radius 2 is 2.56 bits per heavy atom. The van der Waals surface area contributed by atoms with Crippen LogP contribution in [0.25, 0.3) is 0 Å². The van der Waals surface area contributed by atoms with Crippen LogP contribution in [-0.4, -0.2) is 31.9 Å². The number of anilines is 1. The standard InChI is InChI=1S/C12H18N2O2/c1-13-12-6-10(2-4-14-12)7-16-9-11-3-5-15-8-11/h2,4,6,11H,3,5,7-9H2,1H3,(H,13,14). The first-order chi connectivity index (χ1) is 7.88. The van der Waals surface area contributed by atoms with E-state index in [0.29, 0.717) is 12.5 Å². The minimum Gasteiger partial charge on any atom is -0.381 e. The van der Waals surface area contributed by atoms with Crippen molar-refractivity contribution >= 4 is 5.82 Å². The molecule has 1 N–H and O–H groups in total. The van der Waals surface area contributed by atoms with Gasteiger partial charge in [0.05, 0.1) is 19.8 Å². The van der Waals surface area contributed by atoms with E-state index in [2.05, 4.69) is 10.3 Å². The molecule has 2 heterocycles. The highest BCUT2D eigenvalue weighted by molar-refractivity contribution is 5.36. The monoisotopic (exact) mass is 222 g/mol. The summed E-state index contributed by atoms with van der Waals surface area (Å²) in [4.78, 5) is 4.16. The van der Waals surface area contributed by atoms with Gasteiger partial charge in [-0.2, -0.15) is 0 Å². The van der Waals surface area contributed by atoms with E-state index in [-0.39, 0.29) is 0 Å². The Bertz CT molecular complexity index is 325. The van der Waals surface area contributed by atoms with Crippen molar-refractivity contribution in [3.8, 4) is 0 Å². The van der Waals surface area contributed by atoms with Crippen molar-refractivity contribution in [2.45, 2.75) is 13.0 Å². The third-order valence-corrected chi connectivity index (χ3v) is 2.73. The van der Waals surface area contributed by atoms with Gasteiger partial charge in [-0.1, -0.05) is 0 Å². The Labute approximate surface area is 96.0 Å². The molecule has 0 aliphatic carbocycles. The molecule has 4 heteroatoms. The molecule has 0 amide bonds. The summed E-state index contributed by atoms with van der Waals surface area (Å²) < 4.78 is 11.0. The van der Waals surface area contributed by atoms with Crippen LogP contribution < -0.4 is 5.32 Å². The molecule has 0 spiro atoms. The number of hydrogen-bond donors (Lipinski definition) is 1. The zero-order valence-electron chi connectivity index (χ0n) is 9.61. The lowest BCUT2D eigenvalue weighted by molar-refractivity contribution is 0.0791. The Balaban J connectivity index is 1.75. The van der Waals surface area contributed by atoms with Crippen LogP contribution in [0.4, 0.5) is 5.82 Å². The van der Waals surface area contributed by atoms with Crippen molar-refractivity contribution in [1.82, 2.24) is 4.98 Å². The van der Waals surface area contributed by atoms with E-state index in [4.69, 9.17) is 9.47 Å². The maximum Gasteiger partial charge on any atom is 0.125 e. The Hall–Kier alpha value is -1.13. The van der Waals surface area contributed by atoms with E-state index in [1.807, 2.05) is 19.2 Å². The molecule has 1 unspecified atom stereocenters. The molecule has 1 aromatic heterocycles. The fourth-order valence-electron chi connectivity index (χ4n) is 1.76. The minimum absolute atomic E-state index is 0.575. The molecule has 16 heavy (non-hydrogen) atoms. The zero-order valence-corrected chi connectivity index (χ0v) is 9.61. The van der Waals surface area contributed by atoms with Gasteiger partial charge in [-0.05, 0) is 24.1 Å². The van der Waals surface area contributed by atoms with Gasteiger partial charge in [-0.15, -0.1) is 0 Å².